The Balaban J connectivity index is 3.39. The number of aryl methyl sites for hydroxylation is 1. The molecule has 56 valence electrons. The van der Waals surface area contributed by atoms with Crippen LogP contribution in [0.1, 0.15) is 16.8 Å². The van der Waals surface area contributed by atoms with E-state index in [0.717, 1.165) is 11.3 Å². The average molecular weight is 147 g/mol. The molecule has 0 fully saturated rings. The third-order valence-corrected chi connectivity index (χ3v) is 1.66. The molecule has 2 N–H and O–H groups in total. The van der Waals surface area contributed by atoms with Crippen LogP contribution in [0.25, 0.3) is 0 Å². The predicted molar refractivity (Wildman–Crippen MR) is 42.8 cm³/mol. The van der Waals surface area contributed by atoms with E-state index >= 15 is 0 Å². The predicted octanol–water partition coefficient (Wildman–Crippen LogP) is 1.15. The van der Waals surface area contributed by atoms with Gasteiger partial charge in [-0.15, -0.1) is 0 Å². The Hall–Kier alpha value is -1.56. The Morgan fingerprint density at radius 2 is 2.18 bits per heavy atom. The molecule has 0 aromatic carbocycles. The second-order valence-electron chi connectivity index (χ2n) is 2.42. The summed E-state index contributed by atoms with van der Waals surface area (Å²) in [4.78, 5) is 4.01. The van der Waals surface area contributed by atoms with Gasteiger partial charge in [0, 0.05) is 5.69 Å². The fourth-order valence-electron chi connectivity index (χ4n) is 0.877. The largest absolute Gasteiger partial charge is 0.384 e. The lowest BCUT2D eigenvalue weighted by Crippen LogP contribution is -1.97. The summed E-state index contributed by atoms with van der Waals surface area (Å²) >= 11 is 0. The zero-order chi connectivity index (χ0) is 8.43. The van der Waals surface area contributed by atoms with E-state index in [-0.39, 0.29) is 0 Å². The van der Waals surface area contributed by atoms with Gasteiger partial charge >= 0.3 is 0 Å². The molecule has 0 saturated heterocycles. The Morgan fingerprint density at radius 1 is 1.55 bits per heavy atom. The first-order valence-corrected chi connectivity index (χ1v) is 3.29. The number of nitrogens with zero attached hydrogens (tertiary/aromatic N) is 2. The number of pyridine rings is 1. The second-order valence-corrected chi connectivity index (χ2v) is 2.42. The van der Waals surface area contributed by atoms with Crippen molar-refractivity contribution in [2.45, 2.75) is 13.8 Å². The van der Waals surface area contributed by atoms with Crippen LogP contribution in [-0.4, -0.2) is 4.98 Å². The third-order valence-electron chi connectivity index (χ3n) is 1.66. The average Bonchev–Trinajstić information content (AvgIpc) is 1.96. The number of hydrogen-bond acceptors (Lipinski definition) is 3. The van der Waals surface area contributed by atoms with E-state index in [2.05, 4.69) is 11.1 Å². The number of nitrogen functional groups attached to an aromatic ring is 1. The van der Waals surface area contributed by atoms with Gasteiger partial charge in [0.25, 0.3) is 0 Å². The lowest BCUT2D eigenvalue weighted by atomic mass is 10.1. The summed E-state index contributed by atoms with van der Waals surface area (Å²) < 4.78 is 0. The number of nitrogens with two attached hydrogens (primary N) is 1. The molecule has 0 spiro atoms. The number of nitriles is 1. The maximum Gasteiger partial charge on any atom is 0.124 e. The van der Waals surface area contributed by atoms with E-state index in [9.17, 15) is 0 Å². The van der Waals surface area contributed by atoms with E-state index in [4.69, 9.17) is 11.0 Å². The van der Waals surface area contributed by atoms with Crippen LogP contribution in [0.5, 0.6) is 0 Å². The zero-order valence-corrected chi connectivity index (χ0v) is 6.55. The molecule has 0 radical (unpaired) electrons. The van der Waals surface area contributed by atoms with Crippen LogP contribution in [0.4, 0.5) is 5.82 Å². The fraction of sp³-hybridized carbons (Fsp3) is 0.250. The highest BCUT2D eigenvalue weighted by atomic mass is 14.8. The first-order valence-electron chi connectivity index (χ1n) is 3.29. The fourth-order valence-corrected chi connectivity index (χ4v) is 0.877. The van der Waals surface area contributed by atoms with E-state index in [1.807, 2.05) is 13.8 Å². The monoisotopic (exact) mass is 147 g/mol. The molecule has 0 bridgehead atoms. The van der Waals surface area contributed by atoms with Crippen LogP contribution in [0.3, 0.4) is 0 Å². The van der Waals surface area contributed by atoms with Gasteiger partial charge in [-0.3, -0.25) is 0 Å². The van der Waals surface area contributed by atoms with Gasteiger partial charge in [-0.2, -0.15) is 5.26 Å². The quantitative estimate of drug-likeness (QED) is 0.598. The van der Waals surface area contributed by atoms with Gasteiger partial charge in [0.05, 0.1) is 11.6 Å². The minimum Gasteiger partial charge on any atom is -0.384 e. The summed E-state index contributed by atoms with van der Waals surface area (Å²) in [5.74, 6) is 0.407. The van der Waals surface area contributed by atoms with Crippen LogP contribution in [0.2, 0.25) is 0 Å². The number of rotatable bonds is 0. The topological polar surface area (TPSA) is 62.7 Å². The van der Waals surface area contributed by atoms with Gasteiger partial charge in [0.15, 0.2) is 0 Å². The van der Waals surface area contributed by atoms with Crippen LogP contribution in [0.15, 0.2) is 6.07 Å². The van der Waals surface area contributed by atoms with E-state index < -0.39 is 0 Å². The maximum atomic E-state index is 8.63. The van der Waals surface area contributed by atoms with E-state index in [0.29, 0.717) is 11.4 Å². The van der Waals surface area contributed by atoms with E-state index in [1.165, 1.54) is 0 Å². The molecule has 0 unspecified atom stereocenters. The van der Waals surface area contributed by atoms with Gasteiger partial charge in [-0.25, -0.2) is 4.98 Å². The third kappa shape index (κ3) is 1.30. The van der Waals surface area contributed by atoms with Crippen molar-refractivity contribution in [3.63, 3.8) is 0 Å². The molecule has 11 heavy (non-hydrogen) atoms. The Kier molecular flexibility index (Phi) is 1.77. The van der Waals surface area contributed by atoms with Crippen molar-refractivity contribution < 1.29 is 0 Å². The van der Waals surface area contributed by atoms with Gasteiger partial charge < -0.3 is 5.73 Å². The molecular weight excluding hydrogens is 138 g/mol. The second kappa shape index (κ2) is 2.59. The van der Waals surface area contributed by atoms with Crippen molar-refractivity contribution in [3.8, 4) is 6.07 Å². The highest BCUT2D eigenvalue weighted by Crippen LogP contribution is 2.12. The lowest BCUT2D eigenvalue weighted by Gasteiger charge is -2.01. The smallest absolute Gasteiger partial charge is 0.124 e. The maximum absolute atomic E-state index is 8.63. The normalized spacial score (nSPS) is 9.18. The Labute approximate surface area is 65.5 Å². The van der Waals surface area contributed by atoms with Crippen LogP contribution in [0, 0.1) is 25.2 Å². The highest BCUT2D eigenvalue weighted by molar-refractivity contribution is 5.46. The highest BCUT2D eigenvalue weighted by Gasteiger charge is 2.01. The summed E-state index contributed by atoms with van der Waals surface area (Å²) in [6, 6.07) is 3.64. The van der Waals surface area contributed by atoms with E-state index in [1.54, 1.807) is 6.07 Å². The lowest BCUT2D eigenvalue weighted by molar-refractivity contribution is 1.15. The number of aromatic nitrogens is 1. The molecule has 1 rings (SSSR count). The molecule has 0 amide bonds. The number of anilines is 1. The molecule has 1 heterocycles. The van der Waals surface area contributed by atoms with Crippen molar-refractivity contribution in [1.82, 2.24) is 4.98 Å². The number of hydrogen-bond donors (Lipinski definition) is 1. The Morgan fingerprint density at radius 3 is 2.73 bits per heavy atom. The molecule has 0 atom stereocenters. The Bertz CT molecular complexity index is 323. The molecule has 3 heteroatoms. The molecule has 1 aromatic rings. The molecule has 0 aliphatic heterocycles. The SMILES string of the molecule is Cc1nc(N)cc(C#N)c1C. The summed E-state index contributed by atoms with van der Waals surface area (Å²) in [6.07, 6.45) is 0. The van der Waals surface area contributed by atoms with Crippen LogP contribution >= 0.6 is 0 Å². The van der Waals surface area contributed by atoms with Crippen molar-refractivity contribution in [2.75, 3.05) is 5.73 Å². The summed E-state index contributed by atoms with van der Waals surface area (Å²) in [6.45, 7) is 3.70. The first-order chi connectivity index (χ1) is 5.15. The molecule has 0 saturated carbocycles. The van der Waals surface area contributed by atoms with Gasteiger partial charge in [-0.05, 0) is 25.5 Å². The first kappa shape index (κ1) is 7.55. The summed E-state index contributed by atoms with van der Waals surface area (Å²) in [5, 5.41) is 8.63. The van der Waals surface area contributed by atoms with Crippen LogP contribution < -0.4 is 5.73 Å². The molecule has 0 aliphatic carbocycles. The van der Waals surface area contributed by atoms with Crippen molar-refractivity contribution in [3.05, 3.63) is 22.9 Å². The van der Waals surface area contributed by atoms with Gasteiger partial charge in [0.1, 0.15) is 5.82 Å². The summed E-state index contributed by atoms with van der Waals surface area (Å²) in [7, 11) is 0. The standard InChI is InChI=1S/C8H9N3/c1-5-6(2)11-8(10)3-7(5)4-9/h3H,1-2H3,(H2,10,11). The molecule has 3 nitrogen and oxygen atoms in total. The zero-order valence-electron chi connectivity index (χ0n) is 6.55. The molecule has 1 aromatic heterocycles. The van der Waals surface area contributed by atoms with Gasteiger partial charge in [-0.1, -0.05) is 0 Å². The minimum atomic E-state index is 0.407. The van der Waals surface area contributed by atoms with Crippen molar-refractivity contribution >= 4 is 5.82 Å². The molecular formula is C8H9N3. The summed E-state index contributed by atoms with van der Waals surface area (Å²) in [5.41, 5.74) is 7.77. The molecule has 0 aliphatic rings. The minimum absolute atomic E-state index is 0.407. The van der Waals surface area contributed by atoms with Gasteiger partial charge in [0.2, 0.25) is 0 Å². The van der Waals surface area contributed by atoms with Crippen LogP contribution in [-0.2, 0) is 0 Å². The van der Waals surface area contributed by atoms with Crippen molar-refractivity contribution in [1.29, 1.82) is 5.26 Å². The van der Waals surface area contributed by atoms with Crippen molar-refractivity contribution in [2.24, 2.45) is 0 Å².